The molecule has 1 fully saturated rings. The Morgan fingerprint density at radius 3 is 2.80 bits per heavy atom. The van der Waals surface area contributed by atoms with Gasteiger partial charge in [-0.2, -0.15) is 0 Å². The van der Waals surface area contributed by atoms with Gasteiger partial charge in [-0.15, -0.1) is 11.3 Å². The molecule has 132 valence electrons. The predicted octanol–water partition coefficient (Wildman–Crippen LogP) is 4.70. The summed E-state index contributed by atoms with van der Waals surface area (Å²) in [7, 11) is 0. The van der Waals surface area contributed by atoms with E-state index in [1.54, 1.807) is 23.2 Å². The first-order valence-electron chi connectivity index (χ1n) is 7.60. The maximum Gasteiger partial charge on any atom is 0.256 e. The fraction of sp³-hybridized carbons (Fsp3) is 0.312. The molecular formula is C16H14BrCl2N3O2S. The van der Waals surface area contributed by atoms with Gasteiger partial charge in [0.15, 0.2) is 0 Å². The molecule has 1 aliphatic heterocycles. The van der Waals surface area contributed by atoms with Crippen LogP contribution in [-0.2, 0) is 4.79 Å². The molecule has 1 unspecified atom stereocenters. The summed E-state index contributed by atoms with van der Waals surface area (Å²) in [4.78, 5) is 30.9. The molecule has 2 amide bonds. The molecule has 5 nitrogen and oxygen atoms in total. The van der Waals surface area contributed by atoms with E-state index in [1.165, 1.54) is 0 Å². The van der Waals surface area contributed by atoms with Gasteiger partial charge in [-0.3, -0.25) is 9.59 Å². The van der Waals surface area contributed by atoms with E-state index in [-0.39, 0.29) is 17.7 Å². The molecule has 9 heteroatoms. The van der Waals surface area contributed by atoms with Gasteiger partial charge in [0.1, 0.15) is 10.2 Å². The second kappa shape index (κ2) is 8.03. The molecule has 0 spiro atoms. The van der Waals surface area contributed by atoms with Crippen molar-refractivity contribution in [2.75, 3.05) is 18.4 Å². The van der Waals surface area contributed by atoms with Crippen LogP contribution in [0.2, 0.25) is 8.67 Å². The first-order valence-corrected chi connectivity index (χ1v) is 9.97. The normalized spacial score (nSPS) is 17.4. The minimum absolute atomic E-state index is 0.137. The fourth-order valence-electron chi connectivity index (χ4n) is 2.71. The number of halogens is 3. The second-order valence-corrected chi connectivity index (χ2v) is 8.88. The Bertz CT molecular complexity index is 797. The number of nitrogens with zero attached hydrogens (tertiary/aromatic N) is 2. The first kappa shape index (κ1) is 18.6. The van der Waals surface area contributed by atoms with E-state index in [2.05, 4.69) is 26.2 Å². The van der Waals surface area contributed by atoms with Gasteiger partial charge in [0.25, 0.3) is 5.91 Å². The summed E-state index contributed by atoms with van der Waals surface area (Å²) in [6.45, 7) is 0.952. The number of rotatable bonds is 3. The Labute approximate surface area is 167 Å². The monoisotopic (exact) mass is 461 g/mol. The van der Waals surface area contributed by atoms with Crippen LogP contribution in [0.1, 0.15) is 23.2 Å². The maximum atomic E-state index is 12.6. The number of aromatic nitrogens is 1. The molecule has 0 saturated carbocycles. The number of hydrogen-bond acceptors (Lipinski definition) is 4. The lowest BCUT2D eigenvalue weighted by molar-refractivity contribution is -0.121. The van der Waals surface area contributed by atoms with Crippen LogP contribution in [0, 0.1) is 5.92 Å². The Kier molecular flexibility index (Phi) is 5.99. The van der Waals surface area contributed by atoms with Crippen molar-refractivity contribution < 1.29 is 9.59 Å². The van der Waals surface area contributed by atoms with Crippen molar-refractivity contribution in [2.24, 2.45) is 5.92 Å². The van der Waals surface area contributed by atoms with Gasteiger partial charge in [-0.1, -0.05) is 23.2 Å². The van der Waals surface area contributed by atoms with Gasteiger partial charge in [0, 0.05) is 23.8 Å². The van der Waals surface area contributed by atoms with E-state index >= 15 is 0 Å². The summed E-state index contributed by atoms with van der Waals surface area (Å²) in [5, 5.41) is 2.80. The number of nitrogens with one attached hydrogen (secondary N) is 1. The molecule has 1 aliphatic rings. The smallest absolute Gasteiger partial charge is 0.256 e. The van der Waals surface area contributed by atoms with E-state index in [0.717, 1.165) is 28.7 Å². The summed E-state index contributed by atoms with van der Waals surface area (Å²) in [5.41, 5.74) is 0.396. The van der Waals surface area contributed by atoms with Crippen molar-refractivity contribution in [1.82, 2.24) is 9.88 Å². The van der Waals surface area contributed by atoms with E-state index in [1.807, 2.05) is 6.07 Å². The predicted molar refractivity (Wildman–Crippen MR) is 104 cm³/mol. The highest BCUT2D eigenvalue weighted by Crippen LogP contribution is 2.32. The largest absolute Gasteiger partial charge is 0.338 e. The van der Waals surface area contributed by atoms with Crippen LogP contribution in [-0.4, -0.2) is 34.8 Å². The zero-order valence-corrected chi connectivity index (χ0v) is 16.9. The molecule has 0 aliphatic carbocycles. The van der Waals surface area contributed by atoms with Gasteiger partial charge in [-0.25, -0.2) is 4.98 Å². The number of piperidine rings is 1. The molecule has 25 heavy (non-hydrogen) atoms. The zero-order valence-electron chi connectivity index (χ0n) is 13.0. The molecule has 3 heterocycles. The number of anilines is 1. The van der Waals surface area contributed by atoms with Crippen LogP contribution in [0.5, 0.6) is 0 Å². The molecule has 0 aromatic carbocycles. The molecule has 1 saturated heterocycles. The van der Waals surface area contributed by atoms with Gasteiger partial charge in [0.2, 0.25) is 5.91 Å². The number of pyridine rings is 1. The molecule has 2 aromatic heterocycles. The lowest BCUT2D eigenvalue weighted by Gasteiger charge is -2.32. The first-order chi connectivity index (χ1) is 11.9. The third kappa shape index (κ3) is 4.53. The van der Waals surface area contributed by atoms with Crippen LogP contribution in [0.25, 0.3) is 0 Å². The van der Waals surface area contributed by atoms with Crippen molar-refractivity contribution in [3.63, 3.8) is 0 Å². The highest BCUT2D eigenvalue weighted by molar-refractivity contribution is 9.10. The van der Waals surface area contributed by atoms with Crippen LogP contribution in [0.4, 0.5) is 5.82 Å². The van der Waals surface area contributed by atoms with Gasteiger partial charge in [0.05, 0.1) is 15.8 Å². The Hall–Kier alpha value is -1.15. The van der Waals surface area contributed by atoms with Crippen molar-refractivity contribution >= 4 is 68.1 Å². The minimum Gasteiger partial charge on any atom is -0.338 e. The summed E-state index contributed by atoms with van der Waals surface area (Å²) in [5.74, 6) is -0.116. The zero-order chi connectivity index (χ0) is 18.0. The van der Waals surface area contributed by atoms with Crippen molar-refractivity contribution in [2.45, 2.75) is 12.8 Å². The standard InChI is InChI=1S/C16H14BrCl2N3O2S/c17-10-3-4-13(20-7-10)21-15(23)9-2-1-5-22(8-9)16(24)11-6-12(18)25-14(11)19/h3-4,6-7,9H,1-2,5,8H2,(H,20,21,23). The Morgan fingerprint density at radius 2 is 2.16 bits per heavy atom. The summed E-state index contributed by atoms with van der Waals surface area (Å²) in [6.07, 6.45) is 3.10. The average molecular weight is 463 g/mol. The van der Waals surface area contributed by atoms with Crippen LogP contribution < -0.4 is 5.32 Å². The highest BCUT2D eigenvalue weighted by Gasteiger charge is 2.30. The Morgan fingerprint density at radius 1 is 1.36 bits per heavy atom. The van der Waals surface area contributed by atoms with E-state index in [4.69, 9.17) is 23.2 Å². The summed E-state index contributed by atoms with van der Waals surface area (Å²) >= 11 is 16.5. The molecule has 1 atom stereocenters. The quantitative estimate of drug-likeness (QED) is 0.718. The van der Waals surface area contributed by atoms with Gasteiger partial charge >= 0.3 is 0 Å². The SMILES string of the molecule is O=C(Nc1ccc(Br)cn1)C1CCCN(C(=O)c2cc(Cl)sc2Cl)C1. The third-order valence-corrected chi connectivity index (χ3v) is 5.90. The molecule has 0 bridgehead atoms. The van der Waals surface area contributed by atoms with E-state index in [0.29, 0.717) is 33.1 Å². The van der Waals surface area contributed by atoms with E-state index in [9.17, 15) is 9.59 Å². The van der Waals surface area contributed by atoms with Crippen LogP contribution in [0.3, 0.4) is 0 Å². The van der Waals surface area contributed by atoms with Crippen molar-refractivity contribution in [3.8, 4) is 0 Å². The summed E-state index contributed by atoms with van der Waals surface area (Å²) in [6, 6.07) is 5.11. The van der Waals surface area contributed by atoms with E-state index < -0.39 is 0 Å². The molecule has 0 radical (unpaired) electrons. The third-order valence-electron chi connectivity index (χ3n) is 3.95. The van der Waals surface area contributed by atoms with Crippen molar-refractivity contribution in [1.29, 1.82) is 0 Å². The number of hydrogen-bond donors (Lipinski definition) is 1. The number of carbonyl (C=O) groups is 2. The summed E-state index contributed by atoms with van der Waals surface area (Å²) < 4.78 is 1.69. The highest BCUT2D eigenvalue weighted by atomic mass is 79.9. The van der Waals surface area contributed by atoms with Crippen LogP contribution >= 0.6 is 50.5 Å². The average Bonchev–Trinajstić information content (AvgIpc) is 2.94. The maximum absolute atomic E-state index is 12.6. The van der Waals surface area contributed by atoms with Gasteiger partial charge < -0.3 is 10.2 Å². The number of amides is 2. The number of likely N-dealkylation sites (tertiary alicyclic amines) is 1. The molecule has 2 aromatic rings. The fourth-order valence-corrected chi connectivity index (χ4v) is 4.39. The Balaban J connectivity index is 1.66. The van der Waals surface area contributed by atoms with Crippen molar-refractivity contribution in [3.05, 3.63) is 43.1 Å². The number of thiophene rings is 1. The molecule has 1 N–H and O–H groups in total. The molecule has 3 rings (SSSR count). The lowest BCUT2D eigenvalue weighted by atomic mass is 9.96. The lowest BCUT2D eigenvalue weighted by Crippen LogP contribution is -2.43. The second-order valence-electron chi connectivity index (χ2n) is 5.68. The number of carbonyl (C=O) groups excluding carboxylic acids is 2. The minimum atomic E-state index is -0.281. The van der Waals surface area contributed by atoms with Crippen LogP contribution in [0.15, 0.2) is 28.9 Å². The van der Waals surface area contributed by atoms with Gasteiger partial charge in [-0.05, 0) is 47.0 Å². The molecular weight excluding hydrogens is 449 g/mol. The topological polar surface area (TPSA) is 62.3 Å².